The first-order valence-corrected chi connectivity index (χ1v) is 7.40. The van der Waals surface area contributed by atoms with Crippen molar-refractivity contribution in [3.8, 4) is 5.69 Å². The largest absolute Gasteiger partial charge is 0.350 e. The SMILES string of the molecule is Cc1ccc(-n2c(C)nn(Cc3ccc(Cl)cc3)c2=O)cc1. The van der Waals surface area contributed by atoms with Crippen LogP contribution in [0.4, 0.5) is 0 Å². The molecule has 1 aromatic heterocycles. The molecule has 5 heteroatoms. The van der Waals surface area contributed by atoms with Gasteiger partial charge in [0, 0.05) is 5.02 Å². The van der Waals surface area contributed by atoms with Crippen LogP contribution in [0.1, 0.15) is 17.0 Å². The van der Waals surface area contributed by atoms with Crippen LogP contribution < -0.4 is 5.69 Å². The van der Waals surface area contributed by atoms with Crippen molar-refractivity contribution in [2.75, 3.05) is 0 Å². The number of aryl methyl sites for hydroxylation is 2. The molecule has 2 aromatic carbocycles. The molecule has 4 nitrogen and oxygen atoms in total. The lowest BCUT2D eigenvalue weighted by molar-refractivity contribution is 0.651. The molecule has 22 heavy (non-hydrogen) atoms. The smallest absolute Gasteiger partial charge is 0.247 e. The van der Waals surface area contributed by atoms with Crippen molar-refractivity contribution in [1.82, 2.24) is 14.3 Å². The second-order valence-corrected chi connectivity index (χ2v) is 5.72. The Kier molecular flexibility index (Phi) is 3.86. The zero-order chi connectivity index (χ0) is 15.7. The monoisotopic (exact) mass is 313 g/mol. The first-order valence-electron chi connectivity index (χ1n) is 7.02. The van der Waals surface area contributed by atoms with Crippen LogP contribution in [0, 0.1) is 13.8 Å². The minimum atomic E-state index is -0.142. The van der Waals surface area contributed by atoms with Crippen molar-refractivity contribution in [3.63, 3.8) is 0 Å². The van der Waals surface area contributed by atoms with E-state index < -0.39 is 0 Å². The van der Waals surface area contributed by atoms with Gasteiger partial charge in [0.25, 0.3) is 0 Å². The van der Waals surface area contributed by atoms with Crippen molar-refractivity contribution in [3.05, 3.63) is 81.0 Å². The molecule has 0 fully saturated rings. The van der Waals surface area contributed by atoms with Gasteiger partial charge in [-0.3, -0.25) is 0 Å². The van der Waals surface area contributed by atoms with E-state index in [9.17, 15) is 4.79 Å². The number of hydrogen-bond acceptors (Lipinski definition) is 2. The van der Waals surface area contributed by atoms with E-state index in [1.807, 2.05) is 62.4 Å². The van der Waals surface area contributed by atoms with E-state index >= 15 is 0 Å². The van der Waals surface area contributed by atoms with Gasteiger partial charge in [0.2, 0.25) is 0 Å². The third kappa shape index (κ3) is 2.83. The third-order valence-electron chi connectivity index (χ3n) is 3.54. The lowest BCUT2D eigenvalue weighted by Gasteiger charge is -2.03. The van der Waals surface area contributed by atoms with Gasteiger partial charge in [-0.05, 0) is 43.7 Å². The first kappa shape index (κ1) is 14.6. The molecule has 0 aliphatic rings. The van der Waals surface area contributed by atoms with E-state index in [1.165, 1.54) is 4.68 Å². The number of rotatable bonds is 3. The Hall–Kier alpha value is -2.33. The second-order valence-electron chi connectivity index (χ2n) is 5.28. The van der Waals surface area contributed by atoms with E-state index in [4.69, 9.17) is 11.6 Å². The van der Waals surface area contributed by atoms with Gasteiger partial charge < -0.3 is 0 Å². The summed E-state index contributed by atoms with van der Waals surface area (Å²) in [5.74, 6) is 0.669. The van der Waals surface area contributed by atoms with Gasteiger partial charge in [0.15, 0.2) is 0 Å². The molecule has 0 saturated heterocycles. The molecule has 3 rings (SSSR count). The summed E-state index contributed by atoms with van der Waals surface area (Å²) in [7, 11) is 0. The van der Waals surface area contributed by atoms with Gasteiger partial charge in [0.05, 0.1) is 12.2 Å². The quantitative estimate of drug-likeness (QED) is 0.744. The number of halogens is 1. The van der Waals surface area contributed by atoms with Gasteiger partial charge in [-0.15, -0.1) is 0 Å². The zero-order valence-electron chi connectivity index (χ0n) is 12.5. The topological polar surface area (TPSA) is 39.8 Å². The first-order chi connectivity index (χ1) is 10.5. The predicted octanol–water partition coefficient (Wildman–Crippen LogP) is 3.35. The Morgan fingerprint density at radius 2 is 1.64 bits per heavy atom. The molecule has 3 aromatic rings. The average molecular weight is 314 g/mol. The van der Waals surface area contributed by atoms with Crippen LogP contribution in [0.25, 0.3) is 5.69 Å². The van der Waals surface area contributed by atoms with E-state index in [2.05, 4.69) is 5.10 Å². The fourth-order valence-electron chi connectivity index (χ4n) is 2.37. The molecule has 0 aliphatic heterocycles. The number of nitrogens with zero attached hydrogens (tertiary/aromatic N) is 3. The van der Waals surface area contributed by atoms with Gasteiger partial charge in [0.1, 0.15) is 5.82 Å². The van der Waals surface area contributed by atoms with Crippen molar-refractivity contribution in [1.29, 1.82) is 0 Å². The lowest BCUT2D eigenvalue weighted by Crippen LogP contribution is -2.24. The predicted molar refractivity (Wildman–Crippen MR) is 87.9 cm³/mol. The fourth-order valence-corrected chi connectivity index (χ4v) is 2.50. The van der Waals surface area contributed by atoms with Crippen LogP contribution >= 0.6 is 11.6 Å². The molecule has 0 radical (unpaired) electrons. The lowest BCUT2D eigenvalue weighted by atomic mass is 10.2. The molecule has 0 amide bonds. The molecular formula is C17H16ClN3O. The molecular weight excluding hydrogens is 298 g/mol. The summed E-state index contributed by atoms with van der Waals surface area (Å²) in [4.78, 5) is 12.6. The average Bonchev–Trinajstić information content (AvgIpc) is 2.77. The van der Waals surface area contributed by atoms with Crippen molar-refractivity contribution in [2.24, 2.45) is 0 Å². The summed E-state index contributed by atoms with van der Waals surface area (Å²) < 4.78 is 3.09. The summed E-state index contributed by atoms with van der Waals surface area (Å²) in [5, 5.41) is 5.04. The van der Waals surface area contributed by atoms with Crippen molar-refractivity contribution in [2.45, 2.75) is 20.4 Å². The van der Waals surface area contributed by atoms with Crippen LogP contribution in [0.5, 0.6) is 0 Å². The minimum Gasteiger partial charge on any atom is -0.247 e. The molecule has 0 atom stereocenters. The third-order valence-corrected chi connectivity index (χ3v) is 3.79. The summed E-state index contributed by atoms with van der Waals surface area (Å²) in [6.45, 7) is 4.28. The van der Waals surface area contributed by atoms with E-state index in [1.54, 1.807) is 4.57 Å². The van der Waals surface area contributed by atoms with Crippen LogP contribution in [0.2, 0.25) is 5.02 Å². The Morgan fingerprint density at radius 3 is 2.27 bits per heavy atom. The molecule has 0 aliphatic carbocycles. The summed E-state index contributed by atoms with van der Waals surface area (Å²) >= 11 is 5.88. The minimum absolute atomic E-state index is 0.142. The Bertz CT molecular complexity index is 845. The number of aromatic nitrogens is 3. The normalized spacial score (nSPS) is 10.9. The van der Waals surface area contributed by atoms with Gasteiger partial charge >= 0.3 is 5.69 Å². The van der Waals surface area contributed by atoms with Gasteiger partial charge in [-0.1, -0.05) is 41.4 Å². The Balaban J connectivity index is 1.98. The van der Waals surface area contributed by atoms with E-state index in [-0.39, 0.29) is 5.69 Å². The highest BCUT2D eigenvalue weighted by atomic mass is 35.5. The fraction of sp³-hybridized carbons (Fsp3) is 0.176. The van der Waals surface area contributed by atoms with Crippen LogP contribution in [0.15, 0.2) is 53.3 Å². The summed E-state index contributed by atoms with van der Waals surface area (Å²) in [5.41, 5.74) is 2.83. The van der Waals surface area contributed by atoms with E-state index in [0.29, 0.717) is 17.4 Å². The van der Waals surface area contributed by atoms with Gasteiger partial charge in [-0.25, -0.2) is 14.0 Å². The second kappa shape index (κ2) is 5.81. The highest BCUT2D eigenvalue weighted by molar-refractivity contribution is 6.30. The van der Waals surface area contributed by atoms with E-state index in [0.717, 1.165) is 16.8 Å². The molecule has 0 N–H and O–H groups in total. The summed E-state index contributed by atoms with van der Waals surface area (Å²) in [6, 6.07) is 15.2. The molecule has 0 bridgehead atoms. The Morgan fingerprint density at radius 1 is 1.00 bits per heavy atom. The van der Waals surface area contributed by atoms with Crippen LogP contribution in [0.3, 0.4) is 0 Å². The highest BCUT2D eigenvalue weighted by Crippen LogP contribution is 2.11. The number of hydrogen-bond donors (Lipinski definition) is 0. The highest BCUT2D eigenvalue weighted by Gasteiger charge is 2.11. The molecule has 0 saturated carbocycles. The van der Waals surface area contributed by atoms with Crippen LogP contribution in [-0.2, 0) is 6.54 Å². The maximum Gasteiger partial charge on any atom is 0.350 e. The molecule has 0 spiro atoms. The standard InChI is InChI=1S/C17H16ClN3O/c1-12-3-9-16(10-4-12)21-13(2)19-20(17(21)22)11-14-5-7-15(18)8-6-14/h3-10H,11H2,1-2H3. The van der Waals surface area contributed by atoms with Crippen molar-refractivity contribution < 1.29 is 0 Å². The molecule has 0 unspecified atom stereocenters. The molecule has 1 heterocycles. The zero-order valence-corrected chi connectivity index (χ0v) is 13.2. The van der Waals surface area contributed by atoms with Crippen molar-refractivity contribution >= 4 is 11.6 Å². The maximum atomic E-state index is 12.6. The Labute approximate surface area is 133 Å². The molecule has 112 valence electrons. The summed E-state index contributed by atoms with van der Waals surface area (Å²) in [6.07, 6.45) is 0. The van der Waals surface area contributed by atoms with Gasteiger partial charge in [-0.2, -0.15) is 5.10 Å². The maximum absolute atomic E-state index is 12.6. The van der Waals surface area contributed by atoms with Crippen LogP contribution in [-0.4, -0.2) is 14.3 Å². The number of benzene rings is 2.